The molecule has 0 radical (unpaired) electrons. The van der Waals surface area contributed by atoms with Crippen LogP contribution in [0.15, 0.2) is 54.6 Å². The van der Waals surface area contributed by atoms with E-state index in [1.54, 1.807) is 11.8 Å². The number of ether oxygens (including phenoxy) is 1. The van der Waals surface area contributed by atoms with Crippen LogP contribution in [0.4, 0.5) is 5.82 Å². The zero-order chi connectivity index (χ0) is 22.5. The largest absolute Gasteiger partial charge is 0.497 e. The summed E-state index contributed by atoms with van der Waals surface area (Å²) in [5.41, 5.74) is 5.00. The van der Waals surface area contributed by atoms with Crippen molar-refractivity contribution in [2.24, 2.45) is 0 Å². The Balaban J connectivity index is 1.55. The van der Waals surface area contributed by atoms with Crippen LogP contribution in [-0.4, -0.2) is 27.8 Å². The predicted octanol–water partition coefficient (Wildman–Crippen LogP) is 4.83. The second kappa shape index (κ2) is 9.40. The summed E-state index contributed by atoms with van der Waals surface area (Å²) >= 11 is 0. The number of carbonyl (C=O) groups is 1. The van der Waals surface area contributed by atoms with E-state index in [1.807, 2.05) is 55.5 Å². The first kappa shape index (κ1) is 21.2. The van der Waals surface area contributed by atoms with E-state index in [-0.39, 0.29) is 5.91 Å². The number of hydrogen-bond acceptors (Lipinski definition) is 4. The van der Waals surface area contributed by atoms with Crippen molar-refractivity contribution in [3.05, 3.63) is 65.9 Å². The van der Waals surface area contributed by atoms with Crippen LogP contribution in [0.3, 0.4) is 0 Å². The summed E-state index contributed by atoms with van der Waals surface area (Å²) in [6.45, 7) is 2.32. The number of nitrogens with one attached hydrogen (secondary N) is 2. The van der Waals surface area contributed by atoms with Gasteiger partial charge in [-0.15, -0.1) is 0 Å². The summed E-state index contributed by atoms with van der Waals surface area (Å²) in [4.78, 5) is 16.3. The molecule has 2 heterocycles. The Bertz CT molecular complexity index is 1280. The fourth-order valence-corrected chi connectivity index (χ4v) is 3.88. The van der Waals surface area contributed by atoms with Crippen molar-refractivity contribution in [2.75, 3.05) is 12.4 Å². The van der Waals surface area contributed by atoms with Crippen LogP contribution in [-0.2, 0) is 17.8 Å². The molecule has 0 aliphatic carbocycles. The minimum atomic E-state index is -0.0888. The minimum absolute atomic E-state index is 0.0888. The van der Waals surface area contributed by atoms with E-state index in [2.05, 4.69) is 27.5 Å². The third kappa shape index (κ3) is 4.49. The lowest BCUT2D eigenvalue weighted by Gasteiger charge is -2.09. The number of methoxy groups -OCH3 is 1. The maximum Gasteiger partial charge on any atom is 0.225 e. The highest BCUT2D eigenvalue weighted by Gasteiger charge is 2.16. The minimum Gasteiger partial charge on any atom is -0.497 e. The lowest BCUT2D eigenvalue weighted by atomic mass is 10.0. The van der Waals surface area contributed by atoms with E-state index in [4.69, 9.17) is 10.00 Å². The number of nitriles is 1. The molecular formula is C25H25N5O2. The number of amides is 1. The van der Waals surface area contributed by atoms with Gasteiger partial charge >= 0.3 is 0 Å². The van der Waals surface area contributed by atoms with Gasteiger partial charge in [0, 0.05) is 29.1 Å². The Labute approximate surface area is 186 Å². The highest BCUT2D eigenvalue weighted by molar-refractivity contribution is 5.93. The number of H-pyrrole nitrogens is 1. The van der Waals surface area contributed by atoms with Crippen molar-refractivity contribution in [1.29, 1.82) is 5.26 Å². The smallest absolute Gasteiger partial charge is 0.225 e. The maximum atomic E-state index is 12.8. The highest BCUT2D eigenvalue weighted by Crippen LogP contribution is 2.32. The van der Waals surface area contributed by atoms with Crippen LogP contribution < -0.4 is 10.1 Å². The highest BCUT2D eigenvalue weighted by atomic mass is 16.5. The molecule has 0 spiro atoms. The molecule has 0 bridgehead atoms. The molecule has 4 aromatic rings. The average Bonchev–Trinajstić information content (AvgIpc) is 3.35. The monoisotopic (exact) mass is 427 g/mol. The normalized spacial score (nSPS) is 10.8. The van der Waals surface area contributed by atoms with Gasteiger partial charge in [-0.1, -0.05) is 18.2 Å². The SMILES string of the molecule is COc1ccc(-c2[nH]c3ccccc3c2CCC(=O)Nc2cc(C)nn2CCC#N)cc1. The number of rotatable bonds is 8. The molecule has 4 rings (SSSR count). The Morgan fingerprint density at radius 3 is 2.75 bits per heavy atom. The number of aryl methyl sites for hydroxylation is 3. The van der Waals surface area contributed by atoms with Gasteiger partial charge in [0.05, 0.1) is 31.8 Å². The van der Waals surface area contributed by atoms with E-state index >= 15 is 0 Å². The van der Waals surface area contributed by atoms with Crippen LogP contribution in [0.5, 0.6) is 5.75 Å². The molecular weight excluding hydrogens is 402 g/mol. The number of carbonyl (C=O) groups excluding carboxylic acids is 1. The Hall–Kier alpha value is -4.05. The molecule has 162 valence electrons. The molecule has 0 atom stereocenters. The van der Waals surface area contributed by atoms with Crippen LogP contribution >= 0.6 is 0 Å². The van der Waals surface area contributed by atoms with E-state index in [0.29, 0.717) is 31.6 Å². The van der Waals surface area contributed by atoms with Gasteiger partial charge in [-0.05, 0) is 54.8 Å². The van der Waals surface area contributed by atoms with Gasteiger partial charge in [-0.2, -0.15) is 10.4 Å². The van der Waals surface area contributed by atoms with Crippen molar-refractivity contribution in [2.45, 2.75) is 32.7 Å². The summed E-state index contributed by atoms with van der Waals surface area (Å²) in [5.74, 6) is 1.33. The second-order valence-corrected chi connectivity index (χ2v) is 7.60. The third-order valence-corrected chi connectivity index (χ3v) is 5.40. The fourth-order valence-electron chi connectivity index (χ4n) is 3.88. The number of fused-ring (bicyclic) bond motifs is 1. The maximum absolute atomic E-state index is 12.8. The van der Waals surface area contributed by atoms with Gasteiger partial charge in [0.2, 0.25) is 5.91 Å². The zero-order valence-corrected chi connectivity index (χ0v) is 18.2. The molecule has 2 aromatic heterocycles. The number of anilines is 1. The molecule has 0 fully saturated rings. The first-order chi connectivity index (χ1) is 15.6. The van der Waals surface area contributed by atoms with Crippen molar-refractivity contribution < 1.29 is 9.53 Å². The predicted molar refractivity (Wildman–Crippen MR) is 124 cm³/mol. The third-order valence-electron chi connectivity index (χ3n) is 5.40. The lowest BCUT2D eigenvalue weighted by molar-refractivity contribution is -0.116. The molecule has 7 heteroatoms. The zero-order valence-electron chi connectivity index (χ0n) is 18.2. The van der Waals surface area contributed by atoms with Gasteiger partial charge in [0.15, 0.2) is 0 Å². The van der Waals surface area contributed by atoms with E-state index < -0.39 is 0 Å². The number of benzene rings is 2. The first-order valence-electron chi connectivity index (χ1n) is 10.5. The molecule has 1 amide bonds. The van der Waals surface area contributed by atoms with Gasteiger partial charge in [-0.3, -0.25) is 4.79 Å². The second-order valence-electron chi connectivity index (χ2n) is 7.60. The van der Waals surface area contributed by atoms with Crippen molar-refractivity contribution in [3.8, 4) is 23.1 Å². The van der Waals surface area contributed by atoms with Crippen LogP contribution in [0, 0.1) is 18.3 Å². The number of aromatic nitrogens is 3. The molecule has 2 aromatic carbocycles. The van der Waals surface area contributed by atoms with Gasteiger partial charge < -0.3 is 15.0 Å². The molecule has 0 saturated heterocycles. The number of aromatic amines is 1. The Morgan fingerprint density at radius 1 is 1.22 bits per heavy atom. The lowest BCUT2D eigenvalue weighted by Crippen LogP contribution is -2.16. The topological polar surface area (TPSA) is 95.7 Å². The summed E-state index contributed by atoms with van der Waals surface area (Å²) in [7, 11) is 1.65. The van der Waals surface area contributed by atoms with Crippen molar-refractivity contribution in [1.82, 2.24) is 14.8 Å². The fraction of sp³-hybridized carbons (Fsp3) is 0.240. The van der Waals surface area contributed by atoms with Crippen LogP contribution in [0.25, 0.3) is 22.2 Å². The molecule has 32 heavy (non-hydrogen) atoms. The summed E-state index contributed by atoms with van der Waals surface area (Å²) in [6.07, 6.45) is 1.25. The first-order valence-corrected chi connectivity index (χ1v) is 10.5. The number of para-hydroxylation sites is 1. The summed E-state index contributed by atoms with van der Waals surface area (Å²) < 4.78 is 6.95. The Kier molecular flexibility index (Phi) is 6.22. The van der Waals surface area contributed by atoms with E-state index in [9.17, 15) is 4.79 Å². The molecule has 0 saturated carbocycles. The van der Waals surface area contributed by atoms with Gasteiger partial charge in [-0.25, -0.2) is 4.68 Å². The molecule has 2 N–H and O–H groups in total. The van der Waals surface area contributed by atoms with Crippen LogP contribution in [0.1, 0.15) is 24.1 Å². The van der Waals surface area contributed by atoms with Gasteiger partial charge in [0.25, 0.3) is 0 Å². The molecule has 0 aliphatic heterocycles. The van der Waals surface area contributed by atoms with Crippen LogP contribution in [0.2, 0.25) is 0 Å². The quantitative estimate of drug-likeness (QED) is 0.421. The average molecular weight is 428 g/mol. The van der Waals surface area contributed by atoms with E-state index in [1.165, 1.54) is 0 Å². The van der Waals surface area contributed by atoms with Crippen molar-refractivity contribution >= 4 is 22.6 Å². The molecule has 0 aliphatic rings. The number of nitrogens with zero attached hydrogens (tertiary/aromatic N) is 3. The van der Waals surface area contributed by atoms with Crippen molar-refractivity contribution in [3.63, 3.8) is 0 Å². The molecule has 0 unspecified atom stereocenters. The molecule has 7 nitrogen and oxygen atoms in total. The summed E-state index contributed by atoms with van der Waals surface area (Å²) in [5, 5.41) is 17.3. The summed E-state index contributed by atoms with van der Waals surface area (Å²) in [6, 6.07) is 20.0. The van der Waals surface area contributed by atoms with E-state index in [0.717, 1.165) is 39.2 Å². The number of hydrogen-bond donors (Lipinski definition) is 2. The standard InChI is InChI=1S/C25H25N5O2/c1-17-16-23(30(29-17)15-5-14-26)28-24(31)13-12-21-20-6-3-4-7-22(20)27-25(21)18-8-10-19(32-2)11-9-18/h3-4,6-11,16,27H,5,12-13,15H2,1-2H3,(H,28,31). The van der Waals surface area contributed by atoms with Gasteiger partial charge in [0.1, 0.15) is 11.6 Å². The Morgan fingerprint density at radius 2 is 2.00 bits per heavy atom.